The summed E-state index contributed by atoms with van der Waals surface area (Å²) in [7, 11) is 1.78. The minimum atomic E-state index is -0.715. The predicted octanol–water partition coefficient (Wildman–Crippen LogP) is 6.92. The zero-order valence-electron chi connectivity index (χ0n) is 42.2. The first kappa shape index (κ1) is 53.8. The lowest BCUT2D eigenvalue weighted by Crippen LogP contribution is -2.29. The first-order valence-electron chi connectivity index (χ1n) is 24.7. The Bertz CT molecular complexity index is 2560. The summed E-state index contributed by atoms with van der Waals surface area (Å²) in [4.78, 5) is 33.0. The molecule has 0 aliphatic carbocycles. The average Bonchev–Trinajstić information content (AvgIpc) is 4.08. The van der Waals surface area contributed by atoms with E-state index in [1.54, 1.807) is 7.05 Å². The van der Waals surface area contributed by atoms with Crippen molar-refractivity contribution in [3.05, 3.63) is 83.6 Å². The first-order chi connectivity index (χ1) is 34.5. The van der Waals surface area contributed by atoms with E-state index in [0.717, 1.165) is 116 Å². The van der Waals surface area contributed by atoms with Gasteiger partial charge in [-0.1, -0.05) is 48.4 Å². The lowest BCUT2D eigenvalue weighted by atomic mass is 10.1. The van der Waals surface area contributed by atoms with E-state index < -0.39 is 12.2 Å². The van der Waals surface area contributed by atoms with E-state index in [4.69, 9.17) is 48.9 Å². The number of anilines is 2. The third-order valence-corrected chi connectivity index (χ3v) is 11.7. The second-order valence-electron chi connectivity index (χ2n) is 17.3. The molecule has 382 valence electrons. The highest BCUT2D eigenvalue weighted by Gasteiger charge is 2.22. The van der Waals surface area contributed by atoms with Crippen LogP contribution in [-0.2, 0) is 9.53 Å². The highest BCUT2D eigenvalue weighted by molar-refractivity contribution is 5.78. The number of unbranched alkanes of at least 4 members (excludes halogenated alkanes) is 1. The van der Waals surface area contributed by atoms with E-state index in [0.29, 0.717) is 53.5 Å². The number of hydrogen-bond donors (Lipinski definition) is 6. The molecule has 19 heteroatoms. The number of benzene rings is 2. The fourth-order valence-corrected chi connectivity index (χ4v) is 8.10. The van der Waals surface area contributed by atoms with E-state index in [1.165, 1.54) is 0 Å². The molecular formula is C52H71N11O8. The number of carbonyl (C=O) groups excluding carboxylic acids is 1. The Labute approximate surface area is 416 Å². The molecule has 6 heterocycles. The van der Waals surface area contributed by atoms with Gasteiger partial charge in [-0.3, -0.25) is 4.79 Å². The second-order valence-corrected chi connectivity index (χ2v) is 17.3. The van der Waals surface area contributed by atoms with Crippen molar-refractivity contribution in [3.8, 4) is 56.8 Å². The number of carbonyl (C=O) groups is 1. The van der Waals surface area contributed by atoms with Gasteiger partial charge in [0.2, 0.25) is 5.91 Å². The number of aromatic nitrogens is 6. The molecule has 2 atom stereocenters. The second kappa shape index (κ2) is 27.2. The number of aliphatic hydroxyl groups excluding tert-OH is 2. The van der Waals surface area contributed by atoms with Gasteiger partial charge in [0.25, 0.3) is 0 Å². The Morgan fingerprint density at radius 2 is 1.34 bits per heavy atom. The summed E-state index contributed by atoms with van der Waals surface area (Å²) in [5.74, 6) is 5.45. The van der Waals surface area contributed by atoms with Crippen LogP contribution < -0.4 is 31.2 Å². The molecule has 0 spiro atoms. The van der Waals surface area contributed by atoms with Crippen molar-refractivity contribution in [1.29, 1.82) is 0 Å². The number of rotatable bonds is 21. The van der Waals surface area contributed by atoms with Crippen LogP contribution in [0.25, 0.3) is 45.3 Å². The van der Waals surface area contributed by atoms with Gasteiger partial charge >= 0.3 is 0 Å². The third kappa shape index (κ3) is 15.5. The van der Waals surface area contributed by atoms with Gasteiger partial charge in [0.05, 0.1) is 33.9 Å². The molecule has 0 radical (unpaired) electrons. The van der Waals surface area contributed by atoms with Crippen molar-refractivity contribution < 1.29 is 38.3 Å². The Morgan fingerprint density at radius 1 is 0.775 bits per heavy atom. The highest BCUT2D eigenvalue weighted by atomic mass is 16.5. The number of likely N-dealkylation sites (tertiary alicyclic amines) is 1. The number of nitrogens with one attached hydrogen (secondary N) is 3. The van der Waals surface area contributed by atoms with Crippen LogP contribution in [0.4, 0.5) is 11.6 Å². The molecule has 7 N–H and O–H groups in total. The number of ether oxygens (including phenoxy) is 3. The normalized spacial score (nSPS) is 14.5. The molecule has 2 aliphatic heterocycles. The maximum Gasteiger partial charge on any atom is 0.222 e. The topological polar surface area (TPSA) is 254 Å². The Balaban J connectivity index is 0.000000227. The SMILES string of the molecule is CC.CNCC(O)COc1cccc(-c2nc(NCCCCN3CCCC3=O)cc(-c3c(C)noc3C)n2)c1.Cc1noc(C)c1-c1cc(NC2CCOCC2)nc(-c2cccc(OCC(O)CN)c2)n1. The molecule has 8 rings (SSSR count). The molecular weight excluding hydrogens is 907 g/mol. The number of nitrogens with zero attached hydrogens (tertiary/aromatic N) is 7. The lowest BCUT2D eigenvalue weighted by Gasteiger charge is -2.24. The van der Waals surface area contributed by atoms with Crippen LogP contribution in [0.3, 0.4) is 0 Å². The van der Waals surface area contributed by atoms with Crippen molar-refractivity contribution >= 4 is 17.5 Å². The van der Waals surface area contributed by atoms with Crippen molar-refractivity contribution in [2.24, 2.45) is 5.73 Å². The van der Waals surface area contributed by atoms with Gasteiger partial charge in [0, 0.05) is 81.7 Å². The van der Waals surface area contributed by atoms with Gasteiger partial charge in [-0.2, -0.15) is 0 Å². The van der Waals surface area contributed by atoms with Crippen LogP contribution in [-0.4, -0.2) is 136 Å². The summed E-state index contributed by atoms with van der Waals surface area (Å²) < 4.78 is 27.7. The average molecular weight is 978 g/mol. The summed E-state index contributed by atoms with van der Waals surface area (Å²) in [6.07, 6.45) is 4.03. The van der Waals surface area contributed by atoms with Crippen LogP contribution >= 0.6 is 0 Å². The summed E-state index contributed by atoms with van der Waals surface area (Å²) >= 11 is 0. The molecule has 0 bridgehead atoms. The minimum absolute atomic E-state index is 0.122. The summed E-state index contributed by atoms with van der Waals surface area (Å²) in [6, 6.07) is 19.1. The van der Waals surface area contributed by atoms with Gasteiger partial charge in [-0.15, -0.1) is 0 Å². The van der Waals surface area contributed by atoms with Gasteiger partial charge in [0.1, 0.15) is 60.1 Å². The van der Waals surface area contributed by atoms with Crippen molar-refractivity contribution in [3.63, 3.8) is 0 Å². The Hall–Kier alpha value is -6.51. The van der Waals surface area contributed by atoms with Crippen LogP contribution in [0.15, 0.2) is 69.7 Å². The van der Waals surface area contributed by atoms with Gasteiger partial charge < -0.3 is 60.1 Å². The van der Waals surface area contributed by atoms with Crippen molar-refractivity contribution in [2.45, 2.75) is 98.3 Å². The molecule has 19 nitrogen and oxygen atoms in total. The molecule has 2 fully saturated rings. The molecule has 6 aromatic rings. The standard InChI is InChI=1S/C27H36N6O4.C23H29N5O4.C2H6/c1-18-26(19(2)37-32-18)23-15-24(29-11-4-5-12-33-13-7-10-25(33)35)31-27(30-23)20-8-6-9-22(14-20)36-17-21(34)16-28-3;1-14-22(15(2)32-28-14)20-11-21(25-17-6-8-30-9-7-17)27-23(26-20)16-4-3-5-19(10-16)31-13-18(29)12-24;1-2/h6,8-9,14-15,21,28,34H,4-5,7,10-13,16-17H2,1-3H3,(H,29,30,31);3-5,10-11,17-18,29H,6-9,12-13,24H2,1-2H3,(H,25,26,27);1-2H3. The van der Waals surface area contributed by atoms with Gasteiger partial charge in [-0.25, -0.2) is 19.9 Å². The van der Waals surface area contributed by atoms with Crippen LogP contribution in [0.2, 0.25) is 0 Å². The Kier molecular flexibility index (Phi) is 20.6. The quantitative estimate of drug-likeness (QED) is 0.0400. The van der Waals surface area contributed by atoms with E-state index in [2.05, 4.69) is 26.3 Å². The van der Waals surface area contributed by atoms with Crippen molar-refractivity contribution in [2.75, 3.05) is 76.8 Å². The van der Waals surface area contributed by atoms with E-state index in [1.807, 2.05) is 107 Å². The first-order valence-corrected chi connectivity index (χ1v) is 24.7. The molecule has 4 aromatic heterocycles. The summed E-state index contributed by atoms with van der Waals surface area (Å²) in [5.41, 5.74) is 11.8. The number of likely N-dealkylation sites (N-methyl/N-ethyl adjacent to an activating group) is 1. The molecule has 71 heavy (non-hydrogen) atoms. The van der Waals surface area contributed by atoms with Crippen LogP contribution in [0.5, 0.6) is 11.5 Å². The molecule has 2 unspecified atom stereocenters. The number of nitrogens with two attached hydrogens (primary N) is 1. The maximum absolute atomic E-state index is 11.8. The predicted molar refractivity (Wildman–Crippen MR) is 273 cm³/mol. The number of hydrogen-bond acceptors (Lipinski definition) is 18. The summed E-state index contributed by atoms with van der Waals surface area (Å²) in [6.45, 7) is 16.3. The molecule has 2 aromatic carbocycles. The number of aryl methyl sites for hydroxylation is 4. The van der Waals surface area contributed by atoms with Gasteiger partial charge in [-0.05, 0) is 91.1 Å². The zero-order chi connectivity index (χ0) is 50.7. The number of amides is 1. The summed E-state index contributed by atoms with van der Waals surface area (Å²) in [5, 5.41) is 37.7. The fraction of sp³-hybridized carbons (Fsp3) is 0.481. The van der Waals surface area contributed by atoms with Crippen molar-refractivity contribution in [1.82, 2.24) is 40.5 Å². The largest absolute Gasteiger partial charge is 0.491 e. The van der Waals surface area contributed by atoms with Gasteiger partial charge in [0.15, 0.2) is 11.6 Å². The molecule has 2 aliphatic rings. The minimum Gasteiger partial charge on any atom is -0.491 e. The van der Waals surface area contributed by atoms with E-state index >= 15 is 0 Å². The lowest BCUT2D eigenvalue weighted by molar-refractivity contribution is -0.127. The monoisotopic (exact) mass is 978 g/mol. The van der Waals surface area contributed by atoms with E-state index in [9.17, 15) is 15.0 Å². The molecule has 2 saturated heterocycles. The number of aliphatic hydroxyl groups is 2. The smallest absolute Gasteiger partial charge is 0.222 e. The highest BCUT2D eigenvalue weighted by Crippen LogP contribution is 2.32. The Morgan fingerprint density at radius 3 is 1.86 bits per heavy atom. The van der Waals surface area contributed by atoms with Crippen LogP contribution in [0.1, 0.15) is 75.3 Å². The van der Waals surface area contributed by atoms with Crippen LogP contribution in [0, 0.1) is 27.7 Å². The molecule has 0 saturated carbocycles. The zero-order valence-corrected chi connectivity index (χ0v) is 42.2. The van der Waals surface area contributed by atoms with E-state index in [-0.39, 0.29) is 31.7 Å². The molecule has 1 amide bonds. The maximum atomic E-state index is 11.8. The third-order valence-electron chi connectivity index (χ3n) is 11.7. The fourth-order valence-electron chi connectivity index (χ4n) is 8.10.